The van der Waals surface area contributed by atoms with E-state index in [1.54, 1.807) is 0 Å². The van der Waals surface area contributed by atoms with E-state index < -0.39 is 0 Å². The van der Waals surface area contributed by atoms with E-state index in [0.717, 1.165) is 31.1 Å². The minimum atomic E-state index is 0.162. The molecule has 3 atom stereocenters. The summed E-state index contributed by atoms with van der Waals surface area (Å²) < 4.78 is 5.95. The zero-order valence-corrected chi connectivity index (χ0v) is 17.0. The Hall–Kier alpha value is -0.530. The Morgan fingerprint density at radius 3 is 2.58 bits per heavy atom. The number of ether oxygens (including phenoxy) is 1. The third-order valence-electron chi connectivity index (χ3n) is 6.75. The standard InChI is InChI=1S/C22H33ClO/c1-15-18-12-24-14-22(18,13-21(15,5)6)17-8-7-16(19(23)11-17)9-10-20(2,3)4/h7-8,11,15,18H,9-10,12-14H2,1-6H3. The van der Waals surface area contributed by atoms with E-state index in [0.29, 0.717) is 22.7 Å². The molecule has 0 amide bonds. The minimum absolute atomic E-state index is 0.162. The van der Waals surface area contributed by atoms with E-state index in [2.05, 4.69) is 59.7 Å². The van der Waals surface area contributed by atoms with Crippen molar-refractivity contribution in [1.82, 2.24) is 0 Å². The molecule has 1 aliphatic carbocycles. The largest absolute Gasteiger partial charge is 0.380 e. The zero-order chi connectivity index (χ0) is 17.8. The maximum absolute atomic E-state index is 6.69. The lowest BCUT2D eigenvalue weighted by molar-refractivity contribution is 0.127. The summed E-state index contributed by atoms with van der Waals surface area (Å²) in [4.78, 5) is 0. The van der Waals surface area contributed by atoms with Crippen molar-refractivity contribution in [3.05, 3.63) is 34.3 Å². The average molecular weight is 349 g/mol. The van der Waals surface area contributed by atoms with Crippen LogP contribution in [0.3, 0.4) is 0 Å². The van der Waals surface area contributed by atoms with Crippen LogP contribution in [0.4, 0.5) is 0 Å². The quantitative estimate of drug-likeness (QED) is 0.625. The third-order valence-corrected chi connectivity index (χ3v) is 7.10. The molecule has 1 aromatic carbocycles. The summed E-state index contributed by atoms with van der Waals surface area (Å²) in [6, 6.07) is 6.85. The molecule has 1 heterocycles. The summed E-state index contributed by atoms with van der Waals surface area (Å²) in [5.74, 6) is 1.29. The fourth-order valence-corrected chi connectivity index (χ4v) is 5.20. The number of fused-ring (bicyclic) bond motifs is 1. The van der Waals surface area contributed by atoms with Crippen LogP contribution in [0.2, 0.25) is 5.02 Å². The van der Waals surface area contributed by atoms with Gasteiger partial charge in [-0.2, -0.15) is 0 Å². The first-order chi connectivity index (χ1) is 11.1. The van der Waals surface area contributed by atoms with Crippen LogP contribution in [0.5, 0.6) is 0 Å². The van der Waals surface area contributed by atoms with E-state index in [9.17, 15) is 0 Å². The van der Waals surface area contributed by atoms with Gasteiger partial charge in [-0.15, -0.1) is 0 Å². The first kappa shape index (κ1) is 18.3. The summed E-state index contributed by atoms with van der Waals surface area (Å²) in [6.45, 7) is 15.8. The van der Waals surface area contributed by atoms with Gasteiger partial charge in [0.15, 0.2) is 0 Å². The van der Waals surface area contributed by atoms with Crippen LogP contribution in [0, 0.1) is 22.7 Å². The molecule has 134 valence electrons. The van der Waals surface area contributed by atoms with Crippen molar-refractivity contribution in [2.75, 3.05) is 13.2 Å². The highest BCUT2D eigenvalue weighted by Gasteiger charge is 2.58. The van der Waals surface area contributed by atoms with Crippen molar-refractivity contribution < 1.29 is 4.74 Å². The SMILES string of the molecule is CC1C2COCC2(c2ccc(CCC(C)(C)C)c(Cl)c2)CC1(C)C. The fraction of sp³-hybridized carbons (Fsp3) is 0.727. The van der Waals surface area contributed by atoms with Gasteiger partial charge in [-0.05, 0) is 59.1 Å². The second-order valence-corrected chi connectivity index (χ2v) is 10.5. The fourth-order valence-electron chi connectivity index (χ4n) is 4.93. The molecular weight excluding hydrogens is 316 g/mol. The lowest BCUT2D eigenvalue weighted by atomic mass is 9.73. The topological polar surface area (TPSA) is 9.23 Å². The highest BCUT2D eigenvalue weighted by Crippen LogP contribution is 2.60. The Kier molecular flexibility index (Phi) is 4.58. The summed E-state index contributed by atoms with van der Waals surface area (Å²) in [5, 5.41) is 0.939. The maximum Gasteiger partial charge on any atom is 0.0566 e. The average Bonchev–Trinajstić information content (AvgIpc) is 2.95. The van der Waals surface area contributed by atoms with Crippen molar-refractivity contribution in [2.45, 2.75) is 66.2 Å². The second-order valence-electron chi connectivity index (χ2n) is 10.1. The van der Waals surface area contributed by atoms with E-state index >= 15 is 0 Å². The molecule has 1 aromatic rings. The van der Waals surface area contributed by atoms with E-state index in [4.69, 9.17) is 16.3 Å². The minimum Gasteiger partial charge on any atom is -0.380 e. The first-order valence-electron chi connectivity index (χ1n) is 9.42. The van der Waals surface area contributed by atoms with Gasteiger partial charge in [0.05, 0.1) is 13.2 Å². The van der Waals surface area contributed by atoms with Crippen molar-refractivity contribution >= 4 is 11.6 Å². The highest BCUT2D eigenvalue weighted by molar-refractivity contribution is 6.31. The molecule has 1 nitrogen and oxygen atoms in total. The van der Waals surface area contributed by atoms with Gasteiger partial charge < -0.3 is 4.74 Å². The lowest BCUT2D eigenvalue weighted by Gasteiger charge is -2.30. The molecule has 0 bridgehead atoms. The summed E-state index contributed by atoms with van der Waals surface area (Å²) >= 11 is 6.69. The van der Waals surface area contributed by atoms with E-state index in [1.807, 2.05) is 0 Å². The van der Waals surface area contributed by atoms with Gasteiger partial charge in [-0.1, -0.05) is 65.3 Å². The van der Waals surface area contributed by atoms with E-state index in [1.165, 1.54) is 17.5 Å². The Labute approximate surface area is 153 Å². The Bertz CT molecular complexity index is 613. The molecule has 3 unspecified atom stereocenters. The molecule has 3 rings (SSSR count). The zero-order valence-electron chi connectivity index (χ0n) is 16.2. The van der Waals surface area contributed by atoms with Gasteiger partial charge in [-0.3, -0.25) is 0 Å². The Morgan fingerprint density at radius 2 is 1.96 bits per heavy atom. The predicted molar refractivity (Wildman–Crippen MR) is 103 cm³/mol. The van der Waals surface area contributed by atoms with E-state index in [-0.39, 0.29) is 5.41 Å². The lowest BCUT2D eigenvalue weighted by Crippen LogP contribution is -2.31. The van der Waals surface area contributed by atoms with Crippen LogP contribution >= 0.6 is 11.6 Å². The molecule has 0 spiro atoms. The number of aryl methyl sites for hydroxylation is 1. The van der Waals surface area contributed by atoms with Crippen molar-refractivity contribution in [3.63, 3.8) is 0 Å². The molecule has 1 aliphatic heterocycles. The smallest absolute Gasteiger partial charge is 0.0566 e. The molecule has 1 saturated carbocycles. The predicted octanol–water partition coefficient (Wildman–Crippen LogP) is 6.27. The van der Waals surface area contributed by atoms with Crippen molar-refractivity contribution in [3.8, 4) is 0 Å². The Balaban J connectivity index is 1.89. The molecule has 0 N–H and O–H groups in total. The van der Waals surface area contributed by atoms with Crippen molar-refractivity contribution in [1.29, 1.82) is 0 Å². The molecule has 0 aromatic heterocycles. The van der Waals surface area contributed by atoms with Crippen molar-refractivity contribution in [2.24, 2.45) is 22.7 Å². The van der Waals surface area contributed by atoms with Crippen LogP contribution in [0.25, 0.3) is 0 Å². The van der Waals surface area contributed by atoms with Crippen LogP contribution in [-0.4, -0.2) is 13.2 Å². The van der Waals surface area contributed by atoms with Gasteiger partial charge in [0.2, 0.25) is 0 Å². The molecule has 2 aliphatic rings. The van der Waals surface area contributed by atoms with Gasteiger partial charge in [0, 0.05) is 10.4 Å². The number of rotatable bonds is 3. The summed E-state index contributed by atoms with van der Waals surface area (Å²) in [5.41, 5.74) is 3.55. The summed E-state index contributed by atoms with van der Waals surface area (Å²) in [6.07, 6.45) is 3.41. The number of hydrogen-bond acceptors (Lipinski definition) is 1. The van der Waals surface area contributed by atoms with Gasteiger partial charge in [0.1, 0.15) is 0 Å². The molecule has 24 heavy (non-hydrogen) atoms. The summed E-state index contributed by atoms with van der Waals surface area (Å²) in [7, 11) is 0. The Morgan fingerprint density at radius 1 is 1.25 bits per heavy atom. The third kappa shape index (κ3) is 3.15. The van der Waals surface area contributed by atoms with Crippen LogP contribution < -0.4 is 0 Å². The molecule has 1 saturated heterocycles. The second kappa shape index (κ2) is 6.02. The molecule has 2 heteroatoms. The van der Waals surface area contributed by atoms with Gasteiger partial charge in [0.25, 0.3) is 0 Å². The van der Waals surface area contributed by atoms with Crippen LogP contribution in [-0.2, 0) is 16.6 Å². The van der Waals surface area contributed by atoms with Crippen LogP contribution in [0.15, 0.2) is 18.2 Å². The van der Waals surface area contributed by atoms with Gasteiger partial charge >= 0.3 is 0 Å². The monoisotopic (exact) mass is 348 g/mol. The molecule has 0 radical (unpaired) electrons. The normalized spacial score (nSPS) is 32.1. The first-order valence-corrected chi connectivity index (χ1v) is 9.80. The maximum atomic E-state index is 6.69. The van der Waals surface area contributed by atoms with Crippen LogP contribution in [0.1, 0.15) is 65.5 Å². The number of benzene rings is 1. The highest BCUT2D eigenvalue weighted by atomic mass is 35.5. The number of halogens is 1. The molecular formula is C22H33ClO. The van der Waals surface area contributed by atoms with Gasteiger partial charge in [-0.25, -0.2) is 0 Å². The molecule has 2 fully saturated rings. The number of hydrogen-bond donors (Lipinski definition) is 0.